The predicted molar refractivity (Wildman–Crippen MR) is 83.7 cm³/mol. The normalized spacial score (nSPS) is 36.5. The molecule has 3 saturated carbocycles. The molecular weight excluding hydrogens is 396 g/mol. The second-order valence-electron chi connectivity index (χ2n) is 8.29. The fourth-order valence-corrected chi connectivity index (χ4v) is 5.69. The summed E-state index contributed by atoms with van der Waals surface area (Å²) in [5.74, 6) is -5.54. The summed E-state index contributed by atoms with van der Waals surface area (Å²) in [5, 5.41) is 5.04. The van der Waals surface area contributed by atoms with E-state index in [1.54, 1.807) is 0 Å². The van der Waals surface area contributed by atoms with E-state index in [0.717, 1.165) is 12.8 Å². The van der Waals surface area contributed by atoms with Gasteiger partial charge in [-0.2, -0.15) is 26.0 Å². The second kappa shape index (κ2) is 6.28. The lowest BCUT2D eigenvalue weighted by Crippen LogP contribution is -2.48. The van der Waals surface area contributed by atoms with Crippen LogP contribution >= 0.6 is 0 Å². The molecule has 3 aliphatic carbocycles. The molecule has 0 aromatic carbocycles. The van der Waals surface area contributed by atoms with Gasteiger partial charge in [0.25, 0.3) is 0 Å². The van der Waals surface area contributed by atoms with Crippen molar-refractivity contribution in [2.45, 2.75) is 68.1 Å². The molecule has 6 nitrogen and oxygen atoms in total. The number of alkyl halides is 4. The number of carbonyl (C=O) groups is 1. The Labute approximate surface area is 154 Å². The van der Waals surface area contributed by atoms with Crippen LogP contribution in [0.4, 0.5) is 17.6 Å². The van der Waals surface area contributed by atoms with E-state index >= 15 is 0 Å². The Balaban J connectivity index is 1.65. The summed E-state index contributed by atoms with van der Waals surface area (Å²) < 4.78 is 87.5. The monoisotopic (exact) mass is 418 g/mol. The van der Waals surface area contributed by atoms with Gasteiger partial charge in [-0.15, -0.1) is 0 Å². The van der Waals surface area contributed by atoms with Crippen LogP contribution in [-0.4, -0.2) is 47.4 Å². The maximum Gasteiger partial charge on any atom is 0.431 e. The molecule has 0 aromatic rings. The number of hydrogen-bond acceptors (Lipinski definition) is 5. The number of carbonyl (C=O) groups excluding carboxylic acids is 1. The second-order valence-corrected chi connectivity index (χ2v) is 9.75. The molecule has 0 spiro atoms. The topological polar surface area (TPSA) is 101 Å². The maximum atomic E-state index is 13.5. The van der Waals surface area contributed by atoms with Crippen molar-refractivity contribution in [2.24, 2.45) is 17.3 Å². The zero-order valence-corrected chi connectivity index (χ0v) is 15.3. The van der Waals surface area contributed by atoms with Gasteiger partial charge in [-0.05, 0) is 43.9 Å². The van der Waals surface area contributed by atoms with E-state index in [2.05, 4.69) is 0 Å². The Morgan fingerprint density at radius 1 is 1.15 bits per heavy atom. The minimum Gasteiger partial charge on any atom is -0.465 e. The molecule has 0 aliphatic heterocycles. The van der Waals surface area contributed by atoms with Crippen LogP contribution in [-0.2, 0) is 19.6 Å². The van der Waals surface area contributed by atoms with Crippen molar-refractivity contribution in [3.05, 3.63) is 0 Å². The highest BCUT2D eigenvalue weighted by molar-refractivity contribution is 7.87. The number of aliphatic hydroxyl groups is 1. The van der Waals surface area contributed by atoms with Crippen LogP contribution in [0.5, 0.6) is 0 Å². The minimum absolute atomic E-state index is 0.143. The van der Waals surface area contributed by atoms with Crippen LogP contribution in [0, 0.1) is 17.3 Å². The number of fused-ring (bicyclic) bond motifs is 2. The fourth-order valence-electron chi connectivity index (χ4n) is 5.21. The molecule has 0 heterocycles. The van der Waals surface area contributed by atoms with E-state index in [9.17, 15) is 35.9 Å². The summed E-state index contributed by atoms with van der Waals surface area (Å²) in [6.07, 6.45) is 2.19. The Kier molecular flexibility index (Phi) is 4.84. The zero-order chi connectivity index (χ0) is 20.3. The van der Waals surface area contributed by atoms with E-state index in [-0.39, 0.29) is 18.3 Å². The van der Waals surface area contributed by atoms with Crippen LogP contribution in [0.25, 0.3) is 0 Å². The standard InChI is InChI=1S/C16H22F4O6S/c17-15(18,16(19,20)27(23,24)25)4-5-26-12(21)13-6-10-2-1-3-14(22,9-13)8-11(10)7-13/h10-11,22H,1-9H2,(H,23,24,25). The molecule has 3 bridgehead atoms. The van der Waals surface area contributed by atoms with Crippen molar-refractivity contribution < 1.29 is 45.2 Å². The fraction of sp³-hybridized carbons (Fsp3) is 0.938. The van der Waals surface area contributed by atoms with Crippen molar-refractivity contribution in [2.75, 3.05) is 6.61 Å². The van der Waals surface area contributed by atoms with Crippen LogP contribution in [0.15, 0.2) is 0 Å². The van der Waals surface area contributed by atoms with Crippen LogP contribution < -0.4 is 0 Å². The van der Waals surface area contributed by atoms with Crippen LogP contribution in [0.1, 0.15) is 51.4 Å². The molecule has 27 heavy (non-hydrogen) atoms. The highest BCUT2D eigenvalue weighted by Crippen LogP contribution is 2.61. The Morgan fingerprint density at radius 3 is 2.41 bits per heavy atom. The van der Waals surface area contributed by atoms with E-state index in [0.29, 0.717) is 25.7 Å². The van der Waals surface area contributed by atoms with Gasteiger partial charge in [-0.3, -0.25) is 9.35 Å². The zero-order valence-electron chi connectivity index (χ0n) is 14.5. The average Bonchev–Trinajstić information content (AvgIpc) is 2.71. The summed E-state index contributed by atoms with van der Waals surface area (Å²) in [6, 6.07) is 0. The van der Waals surface area contributed by atoms with Crippen molar-refractivity contribution in [1.82, 2.24) is 0 Å². The van der Waals surface area contributed by atoms with Crippen LogP contribution in [0.3, 0.4) is 0 Å². The molecule has 3 rings (SSSR count). The lowest BCUT2D eigenvalue weighted by Gasteiger charge is -2.41. The molecular formula is C16H22F4O6S. The number of ether oxygens (including phenoxy) is 1. The first-order valence-corrected chi connectivity index (χ1v) is 10.3. The minimum atomic E-state index is -6.32. The summed E-state index contributed by atoms with van der Waals surface area (Å²) >= 11 is 0. The lowest BCUT2D eigenvalue weighted by atomic mass is 9.67. The van der Waals surface area contributed by atoms with Gasteiger partial charge in [0.1, 0.15) is 0 Å². The van der Waals surface area contributed by atoms with Gasteiger partial charge < -0.3 is 9.84 Å². The molecule has 0 aromatic heterocycles. The average molecular weight is 418 g/mol. The van der Waals surface area contributed by atoms with Crippen molar-refractivity contribution in [1.29, 1.82) is 0 Å². The van der Waals surface area contributed by atoms with Gasteiger partial charge in [-0.25, -0.2) is 0 Å². The molecule has 0 amide bonds. The third kappa shape index (κ3) is 3.46. The van der Waals surface area contributed by atoms with Crippen molar-refractivity contribution >= 4 is 16.1 Å². The first-order valence-electron chi connectivity index (χ1n) is 8.84. The SMILES string of the molecule is O=C(OCCC(F)(F)C(F)(F)S(=O)(=O)O)C12CC3CCCC(O)(CC3C1)C2. The highest BCUT2D eigenvalue weighted by Gasteiger charge is 2.65. The van der Waals surface area contributed by atoms with E-state index < -0.39 is 51.3 Å². The van der Waals surface area contributed by atoms with Gasteiger partial charge >= 0.3 is 27.3 Å². The number of hydrogen-bond donors (Lipinski definition) is 2. The lowest BCUT2D eigenvalue weighted by molar-refractivity contribution is -0.181. The number of rotatable bonds is 6. The quantitative estimate of drug-likeness (QED) is 0.391. The summed E-state index contributed by atoms with van der Waals surface area (Å²) in [6.45, 7) is -1.12. The third-order valence-corrected chi connectivity index (χ3v) is 7.28. The van der Waals surface area contributed by atoms with Crippen molar-refractivity contribution in [3.63, 3.8) is 0 Å². The van der Waals surface area contributed by atoms with E-state index in [1.165, 1.54) is 0 Å². The van der Waals surface area contributed by atoms with Gasteiger partial charge in [0.15, 0.2) is 0 Å². The van der Waals surface area contributed by atoms with Gasteiger partial charge in [-0.1, -0.05) is 12.8 Å². The number of esters is 1. The molecule has 156 valence electrons. The molecule has 4 atom stereocenters. The molecule has 2 N–H and O–H groups in total. The Hall–Kier alpha value is -0.940. The first kappa shape index (κ1) is 20.8. The summed E-state index contributed by atoms with van der Waals surface area (Å²) in [7, 11) is -6.32. The van der Waals surface area contributed by atoms with Gasteiger partial charge in [0.2, 0.25) is 0 Å². The summed E-state index contributed by atoms with van der Waals surface area (Å²) in [4.78, 5) is 12.6. The largest absolute Gasteiger partial charge is 0.465 e. The molecule has 0 saturated heterocycles. The molecule has 3 fully saturated rings. The van der Waals surface area contributed by atoms with Gasteiger partial charge in [0.05, 0.1) is 24.0 Å². The predicted octanol–water partition coefficient (Wildman–Crippen LogP) is 2.76. The van der Waals surface area contributed by atoms with Crippen molar-refractivity contribution in [3.8, 4) is 0 Å². The summed E-state index contributed by atoms with van der Waals surface area (Å²) in [5.41, 5.74) is -2.02. The van der Waals surface area contributed by atoms with E-state index in [4.69, 9.17) is 9.29 Å². The van der Waals surface area contributed by atoms with E-state index in [1.807, 2.05) is 0 Å². The van der Waals surface area contributed by atoms with Gasteiger partial charge in [0, 0.05) is 0 Å². The Bertz CT molecular complexity index is 726. The first-order chi connectivity index (χ1) is 12.2. The molecule has 0 radical (unpaired) electrons. The van der Waals surface area contributed by atoms with Crippen LogP contribution in [0.2, 0.25) is 0 Å². The highest BCUT2D eigenvalue weighted by atomic mass is 32.2. The molecule has 4 unspecified atom stereocenters. The maximum absolute atomic E-state index is 13.5. The molecule has 3 aliphatic rings. The third-order valence-electron chi connectivity index (χ3n) is 6.33. The smallest absolute Gasteiger partial charge is 0.431 e. The molecule has 11 heteroatoms. The Morgan fingerprint density at radius 2 is 1.78 bits per heavy atom. The number of halogens is 4.